The summed E-state index contributed by atoms with van der Waals surface area (Å²) in [5.41, 5.74) is 0.843. The number of piperazine rings is 1. The molecule has 0 atom stereocenters. The molecule has 2 aliphatic heterocycles. The fourth-order valence-electron chi connectivity index (χ4n) is 3.34. The molecule has 0 spiro atoms. The van der Waals surface area contributed by atoms with Gasteiger partial charge in [-0.3, -0.25) is 4.79 Å². The molecule has 0 N–H and O–H groups in total. The Balaban J connectivity index is 1.61. The van der Waals surface area contributed by atoms with Crippen molar-refractivity contribution >= 4 is 22.6 Å². The number of carbonyl (C=O) groups excluding carboxylic acids is 1. The molecule has 0 saturated carbocycles. The van der Waals surface area contributed by atoms with E-state index in [0.717, 1.165) is 41.3 Å². The number of fused-ring (bicyclic) bond motifs is 2. The van der Waals surface area contributed by atoms with Gasteiger partial charge in [-0.05, 0) is 6.07 Å². The first-order valence-corrected chi connectivity index (χ1v) is 8.71. The lowest BCUT2D eigenvalue weighted by molar-refractivity contribution is -0.134. The van der Waals surface area contributed by atoms with Crippen LogP contribution in [-0.2, 0) is 4.79 Å². The van der Waals surface area contributed by atoms with Gasteiger partial charge in [0.05, 0.1) is 5.52 Å². The van der Waals surface area contributed by atoms with E-state index in [2.05, 4.69) is 14.9 Å². The van der Waals surface area contributed by atoms with Gasteiger partial charge in [0, 0.05) is 43.5 Å². The summed E-state index contributed by atoms with van der Waals surface area (Å²) in [6.45, 7) is 7.95. The molecule has 25 heavy (non-hydrogen) atoms. The summed E-state index contributed by atoms with van der Waals surface area (Å²) in [6.07, 6.45) is 1.58. The Morgan fingerprint density at radius 3 is 2.40 bits per heavy atom. The van der Waals surface area contributed by atoms with Crippen molar-refractivity contribution in [2.24, 2.45) is 5.92 Å². The summed E-state index contributed by atoms with van der Waals surface area (Å²) < 4.78 is 11.3. The Kier molecular flexibility index (Phi) is 4.07. The average Bonchev–Trinajstić information content (AvgIpc) is 2.65. The van der Waals surface area contributed by atoms with E-state index in [1.807, 2.05) is 30.9 Å². The normalized spacial score (nSPS) is 17.2. The van der Waals surface area contributed by atoms with E-state index < -0.39 is 0 Å². The molecule has 0 unspecified atom stereocenters. The van der Waals surface area contributed by atoms with Crippen molar-refractivity contribution in [1.29, 1.82) is 0 Å². The lowest BCUT2D eigenvalue weighted by Gasteiger charge is -2.36. The lowest BCUT2D eigenvalue weighted by atomic mass is 10.1. The smallest absolute Gasteiger partial charge is 0.225 e. The summed E-state index contributed by atoms with van der Waals surface area (Å²) in [5.74, 6) is 2.61. The number of hydrogen-bond acceptors (Lipinski definition) is 6. The van der Waals surface area contributed by atoms with Gasteiger partial charge < -0.3 is 19.3 Å². The monoisotopic (exact) mass is 342 g/mol. The predicted molar refractivity (Wildman–Crippen MR) is 94.2 cm³/mol. The van der Waals surface area contributed by atoms with Gasteiger partial charge in [0.25, 0.3) is 0 Å². The van der Waals surface area contributed by atoms with Crippen LogP contribution in [0.25, 0.3) is 10.9 Å². The Bertz CT molecular complexity index is 800. The summed E-state index contributed by atoms with van der Waals surface area (Å²) in [5, 5.41) is 0.954. The van der Waals surface area contributed by atoms with Gasteiger partial charge in [0.2, 0.25) is 5.91 Å². The number of benzene rings is 1. The van der Waals surface area contributed by atoms with Gasteiger partial charge in [-0.1, -0.05) is 13.8 Å². The highest BCUT2D eigenvalue weighted by Crippen LogP contribution is 2.36. The highest BCUT2D eigenvalue weighted by atomic mass is 16.6. The van der Waals surface area contributed by atoms with Crippen molar-refractivity contribution < 1.29 is 14.3 Å². The molecule has 3 heterocycles. The Morgan fingerprint density at radius 2 is 1.72 bits per heavy atom. The molecule has 0 radical (unpaired) electrons. The molecule has 132 valence electrons. The first kappa shape index (κ1) is 15.9. The van der Waals surface area contributed by atoms with Gasteiger partial charge in [-0.25, -0.2) is 9.97 Å². The van der Waals surface area contributed by atoms with E-state index in [0.29, 0.717) is 26.3 Å². The molecular weight excluding hydrogens is 320 g/mol. The van der Waals surface area contributed by atoms with E-state index in [-0.39, 0.29) is 11.8 Å². The molecule has 1 saturated heterocycles. The summed E-state index contributed by atoms with van der Waals surface area (Å²) >= 11 is 0. The second-order valence-electron chi connectivity index (χ2n) is 6.68. The number of aromatic nitrogens is 2. The number of hydrogen-bond donors (Lipinski definition) is 0. The molecule has 0 aliphatic carbocycles. The van der Waals surface area contributed by atoms with Crippen molar-refractivity contribution in [2.45, 2.75) is 13.8 Å². The second kappa shape index (κ2) is 6.38. The first-order valence-electron chi connectivity index (χ1n) is 8.71. The van der Waals surface area contributed by atoms with Gasteiger partial charge >= 0.3 is 0 Å². The van der Waals surface area contributed by atoms with Crippen molar-refractivity contribution in [1.82, 2.24) is 14.9 Å². The zero-order valence-electron chi connectivity index (χ0n) is 14.6. The summed E-state index contributed by atoms with van der Waals surface area (Å²) in [7, 11) is 0. The van der Waals surface area contributed by atoms with Crippen LogP contribution >= 0.6 is 0 Å². The van der Waals surface area contributed by atoms with E-state index in [1.54, 1.807) is 6.33 Å². The van der Waals surface area contributed by atoms with Crippen molar-refractivity contribution in [3.05, 3.63) is 18.5 Å². The fraction of sp³-hybridized carbons (Fsp3) is 0.500. The maximum absolute atomic E-state index is 12.2. The first-order chi connectivity index (χ1) is 12.1. The van der Waals surface area contributed by atoms with E-state index in [1.165, 1.54) is 0 Å². The molecule has 2 aliphatic rings. The topological polar surface area (TPSA) is 67.8 Å². The van der Waals surface area contributed by atoms with Crippen molar-refractivity contribution in [2.75, 3.05) is 44.3 Å². The number of carbonyl (C=O) groups is 1. The van der Waals surface area contributed by atoms with Crippen LogP contribution in [0.4, 0.5) is 5.82 Å². The number of nitrogens with zero attached hydrogens (tertiary/aromatic N) is 4. The SMILES string of the molecule is CC(C)C(=O)N1CCN(c2ncnc3cc4c(cc23)OCCO4)CC1. The van der Waals surface area contributed by atoms with Gasteiger partial charge in [-0.15, -0.1) is 0 Å². The van der Waals surface area contributed by atoms with Crippen LogP contribution in [0.1, 0.15) is 13.8 Å². The highest BCUT2D eigenvalue weighted by molar-refractivity contribution is 5.92. The zero-order valence-corrected chi connectivity index (χ0v) is 14.6. The van der Waals surface area contributed by atoms with Crippen LogP contribution in [0.15, 0.2) is 18.5 Å². The average molecular weight is 342 g/mol. The molecular formula is C18H22N4O3. The van der Waals surface area contributed by atoms with Crippen LogP contribution < -0.4 is 14.4 Å². The Hall–Kier alpha value is -2.57. The zero-order chi connectivity index (χ0) is 17.4. The lowest BCUT2D eigenvalue weighted by Crippen LogP contribution is -2.50. The van der Waals surface area contributed by atoms with E-state index in [9.17, 15) is 4.79 Å². The fourth-order valence-corrected chi connectivity index (χ4v) is 3.34. The van der Waals surface area contributed by atoms with Gasteiger partial charge in [0.1, 0.15) is 25.4 Å². The van der Waals surface area contributed by atoms with E-state index in [4.69, 9.17) is 9.47 Å². The third-order valence-corrected chi connectivity index (χ3v) is 4.66. The van der Waals surface area contributed by atoms with Crippen LogP contribution in [-0.4, -0.2) is 60.2 Å². The maximum atomic E-state index is 12.2. The quantitative estimate of drug-likeness (QED) is 0.828. The van der Waals surface area contributed by atoms with Crippen LogP contribution in [0.3, 0.4) is 0 Å². The molecule has 0 bridgehead atoms. The number of anilines is 1. The molecule has 7 heteroatoms. The van der Waals surface area contributed by atoms with E-state index >= 15 is 0 Å². The highest BCUT2D eigenvalue weighted by Gasteiger charge is 2.25. The minimum absolute atomic E-state index is 0.0371. The van der Waals surface area contributed by atoms with Gasteiger partial charge in [-0.2, -0.15) is 0 Å². The molecule has 1 fully saturated rings. The molecule has 1 amide bonds. The Labute approximate surface area is 146 Å². The molecule has 1 aromatic carbocycles. The molecule has 4 rings (SSSR count). The minimum Gasteiger partial charge on any atom is -0.486 e. The molecule has 7 nitrogen and oxygen atoms in total. The van der Waals surface area contributed by atoms with Crippen LogP contribution in [0.5, 0.6) is 11.5 Å². The number of amides is 1. The predicted octanol–water partition coefficient (Wildman–Crippen LogP) is 1.71. The minimum atomic E-state index is 0.0371. The van der Waals surface area contributed by atoms with Crippen LogP contribution in [0.2, 0.25) is 0 Å². The molecule has 1 aromatic heterocycles. The van der Waals surface area contributed by atoms with Gasteiger partial charge in [0.15, 0.2) is 11.5 Å². The standard InChI is InChI=1S/C18H22N4O3/c1-12(2)18(23)22-5-3-21(4-6-22)17-13-9-15-16(25-8-7-24-15)10-14(13)19-11-20-17/h9-12H,3-8H2,1-2H3. The van der Waals surface area contributed by atoms with Crippen LogP contribution in [0, 0.1) is 5.92 Å². The number of rotatable bonds is 2. The third-order valence-electron chi connectivity index (χ3n) is 4.66. The summed E-state index contributed by atoms with van der Waals surface area (Å²) in [6, 6.07) is 3.87. The van der Waals surface area contributed by atoms with Crippen molar-refractivity contribution in [3.8, 4) is 11.5 Å². The van der Waals surface area contributed by atoms with Crippen molar-refractivity contribution in [3.63, 3.8) is 0 Å². The second-order valence-corrected chi connectivity index (χ2v) is 6.68. The third kappa shape index (κ3) is 2.94. The molecule has 2 aromatic rings. The maximum Gasteiger partial charge on any atom is 0.225 e. The summed E-state index contributed by atoms with van der Waals surface area (Å²) in [4.78, 5) is 25.2. The Morgan fingerprint density at radius 1 is 1.04 bits per heavy atom. The largest absolute Gasteiger partial charge is 0.486 e. The number of ether oxygens (including phenoxy) is 2.